The van der Waals surface area contributed by atoms with Crippen molar-refractivity contribution in [1.29, 1.82) is 0 Å². The van der Waals surface area contributed by atoms with Gasteiger partial charge in [-0.25, -0.2) is 8.42 Å². The fourth-order valence-corrected chi connectivity index (χ4v) is 7.72. The summed E-state index contributed by atoms with van der Waals surface area (Å²) >= 11 is 0.607. The first-order chi connectivity index (χ1) is 16.9. The van der Waals surface area contributed by atoms with Gasteiger partial charge in [-0.2, -0.15) is 17.5 Å². The predicted octanol–water partition coefficient (Wildman–Crippen LogP) is 3.75. The first kappa shape index (κ1) is 24.1. The number of piperidine rings is 1. The minimum absolute atomic E-state index is 0.146. The Hall–Kier alpha value is -2.25. The molecule has 0 bridgehead atoms. The zero-order chi connectivity index (χ0) is 25.3. The number of anilines is 1. The molecule has 0 amide bonds. The molecular formula is C23H26F3N5O3S2. The Balaban J connectivity index is 1.08. The zero-order valence-electron chi connectivity index (χ0n) is 19.7. The van der Waals surface area contributed by atoms with E-state index in [0.717, 1.165) is 54.7 Å². The van der Waals surface area contributed by atoms with Crippen LogP contribution in [0.3, 0.4) is 0 Å². The number of sulfonamides is 1. The molecule has 0 radical (unpaired) electrons. The van der Waals surface area contributed by atoms with Gasteiger partial charge in [-0.05, 0) is 49.2 Å². The van der Waals surface area contributed by atoms with Crippen LogP contribution in [0.4, 0.5) is 18.3 Å². The molecule has 2 aromatic heterocycles. The van der Waals surface area contributed by atoms with E-state index in [-0.39, 0.29) is 11.0 Å². The summed E-state index contributed by atoms with van der Waals surface area (Å²) in [6, 6.07) is 2.08. The van der Waals surface area contributed by atoms with Crippen LogP contribution in [-0.2, 0) is 22.6 Å². The number of fused-ring (bicyclic) bond motifs is 1. The van der Waals surface area contributed by atoms with Crippen molar-refractivity contribution in [2.24, 2.45) is 5.41 Å². The number of nitrogens with zero attached hydrogens (tertiary/aromatic N) is 5. The van der Waals surface area contributed by atoms with Gasteiger partial charge in [0.05, 0.1) is 18.1 Å². The van der Waals surface area contributed by atoms with Gasteiger partial charge in [0, 0.05) is 38.2 Å². The summed E-state index contributed by atoms with van der Waals surface area (Å²) in [7, 11) is -3.20. The van der Waals surface area contributed by atoms with Crippen LogP contribution in [0.1, 0.15) is 48.4 Å². The number of rotatable bonds is 3. The molecule has 2 aromatic rings. The molecule has 0 aromatic carbocycles. The molecule has 1 saturated carbocycles. The Kier molecular flexibility index (Phi) is 5.44. The maximum absolute atomic E-state index is 12.9. The summed E-state index contributed by atoms with van der Waals surface area (Å²) in [5.41, 5.74) is 2.98. The SMILES string of the molecule is CS(=O)(=O)N1CC=C(c2cc3c(cn2)OC2(C3)CC3(CCN(c4nnc(C(F)(F)F)s4)CC3)C2)CC1. The summed E-state index contributed by atoms with van der Waals surface area (Å²) in [6.45, 7) is 2.15. The second-order valence-electron chi connectivity index (χ2n) is 10.5. The summed E-state index contributed by atoms with van der Waals surface area (Å²) in [5.74, 6) is 0.814. The highest BCUT2D eigenvalue weighted by Crippen LogP contribution is 2.60. The molecule has 0 unspecified atom stereocenters. The Morgan fingerprint density at radius 1 is 1.14 bits per heavy atom. The largest absolute Gasteiger partial charge is 0.485 e. The van der Waals surface area contributed by atoms with Crippen molar-refractivity contribution < 1.29 is 26.3 Å². The molecular weight excluding hydrogens is 515 g/mol. The lowest BCUT2D eigenvalue weighted by molar-refractivity contribution is -0.138. The third kappa shape index (κ3) is 4.28. The molecule has 1 saturated heterocycles. The first-order valence-electron chi connectivity index (χ1n) is 11.9. The van der Waals surface area contributed by atoms with Gasteiger partial charge >= 0.3 is 6.18 Å². The van der Waals surface area contributed by atoms with Crippen molar-refractivity contribution in [3.63, 3.8) is 0 Å². The third-order valence-corrected chi connectivity index (χ3v) is 10.2. The lowest BCUT2D eigenvalue weighted by Gasteiger charge is -2.56. The Morgan fingerprint density at radius 2 is 1.89 bits per heavy atom. The molecule has 0 N–H and O–H groups in total. The van der Waals surface area contributed by atoms with E-state index in [0.29, 0.717) is 49.1 Å². The normalized spacial score (nSPS) is 23.3. The van der Waals surface area contributed by atoms with Crippen molar-refractivity contribution in [2.75, 3.05) is 37.3 Å². The van der Waals surface area contributed by atoms with Crippen LogP contribution in [0.25, 0.3) is 5.57 Å². The molecule has 2 spiro atoms. The fourth-order valence-electron chi connectivity index (χ4n) is 6.19. The molecule has 2 fully saturated rings. The van der Waals surface area contributed by atoms with Gasteiger partial charge in [-0.15, -0.1) is 10.2 Å². The highest BCUT2D eigenvalue weighted by Gasteiger charge is 2.59. The minimum Gasteiger partial charge on any atom is -0.485 e. The average Bonchev–Trinajstić information content (AvgIpc) is 3.43. The molecule has 3 aliphatic heterocycles. The van der Waals surface area contributed by atoms with Gasteiger partial charge < -0.3 is 9.64 Å². The van der Waals surface area contributed by atoms with E-state index < -0.39 is 21.2 Å². The van der Waals surface area contributed by atoms with Crippen LogP contribution in [0, 0.1) is 5.41 Å². The molecule has 5 heterocycles. The highest BCUT2D eigenvalue weighted by atomic mass is 32.2. The average molecular weight is 542 g/mol. The molecule has 6 rings (SSSR count). The topological polar surface area (TPSA) is 88.5 Å². The lowest BCUT2D eigenvalue weighted by Crippen LogP contribution is -2.58. The van der Waals surface area contributed by atoms with Crippen LogP contribution in [0.2, 0.25) is 0 Å². The van der Waals surface area contributed by atoms with Gasteiger partial charge in [0.2, 0.25) is 20.2 Å². The quantitative estimate of drug-likeness (QED) is 0.585. The van der Waals surface area contributed by atoms with Crippen LogP contribution >= 0.6 is 11.3 Å². The number of hydrogen-bond donors (Lipinski definition) is 0. The van der Waals surface area contributed by atoms with Gasteiger partial charge in [0.15, 0.2) is 0 Å². The number of alkyl halides is 3. The van der Waals surface area contributed by atoms with Gasteiger partial charge in [-0.1, -0.05) is 17.4 Å². The van der Waals surface area contributed by atoms with E-state index in [1.165, 1.54) is 10.6 Å². The van der Waals surface area contributed by atoms with Gasteiger partial charge in [0.1, 0.15) is 11.4 Å². The molecule has 1 aliphatic carbocycles. The van der Waals surface area contributed by atoms with E-state index in [9.17, 15) is 21.6 Å². The fraction of sp³-hybridized carbons (Fsp3) is 0.609. The number of ether oxygens (including phenoxy) is 1. The van der Waals surface area contributed by atoms with E-state index >= 15 is 0 Å². The van der Waals surface area contributed by atoms with E-state index in [2.05, 4.69) is 21.2 Å². The van der Waals surface area contributed by atoms with Gasteiger partial charge in [0.25, 0.3) is 0 Å². The summed E-state index contributed by atoms with van der Waals surface area (Å²) in [4.78, 5) is 6.50. The molecule has 4 aliphatic rings. The Morgan fingerprint density at radius 3 is 2.50 bits per heavy atom. The van der Waals surface area contributed by atoms with Crippen LogP contribution in [0.5, 0.6) is 5.75 Å². The van der Waals surface area contributed by atoms with E-state index in [1.54, 1.807) is 6.20 Å². The monoisotopic (exact) mass is 541 g/mol. The van der Waals surface area contributed by atoms with Crippen molar-refractivity contribution in [1.82, 2.24) is 19.5 Å². The second-order valence-corrected chi connectivity index (χ2v) is 13.4. The minimum atomic E-state index is -4.46. The van der Waals surface area contributed by atoms with E-state index in [1.807, 2.05) is 11.0 Å². The molecule has 13 heteroatoms. The van der Waals surface area contributed by atoms with Crippen molar-refractivity contribution in [3.05, 3.63) is 34.6 Å². The third-order valence-electron chi connectivity index (χ3n) is 7.90. The van der Waals surface area contributed by atoms with Crippen LogP contribution in [-0.4, -0.2) is 65.9 Å². The first-order valence-corrected chi connectivity index (χ1v) is 14.6. The molecule has 36 heavy (non-hydrogen) atoms. The number of halogens is 3. The molecule has 0 atom stereocenters. The smallest absolute Gasteiger partial charge is 0.445 e. The maximum atomic E-state index is 12.9. The number of aromatic nitrogens is 3. The zero-order valence-corrected chi connectivity index (χ0v) is 21.3. The predicted molar refractivity (Wildman–Crippen MR) is 128 cm³/mol. The lowest BCUT2D eigenvalue weighted by atomic mass is 9.54. The standard InChI is InChI=1S/C23H26F3N5O3S2/c1-36(32,33)31-6-2-15(3-7-31)17-10-16-11-22(34-18(16)12-27-17)13-21(14-22)4-8-30(9-5-21)20-29-28-19(35-20)23(24,25)26/h2,10,12H,3-9,11,13-14H2,1H3. The van der Waals surface area contributed by atoms with Crippen LogP contribution < -0.4 is 9.64 Å². The number of pyridine rings is 1. The number of hydrogen-bond acceptors (Lipinski definition) is 8. The van der Waals surface area contributed by atoms with Gasteiger partial charge in [-0.3, -0.25) is 4.98 Å². The Bertz CT molecular complexity index is 1320. The Labute approximate surface area is 211 Å². The second kappa shape index (κ2) is 8.12. The van der Waals surface area contributed by atoms with Crippen molar-refractivity contribution in [3.8, 4) is 5.75 Å². The molecule has 8 nitrogen and oxygen atoms in total. The summed E-state index contributed by atoms with van der Waals surface area (Å²) < 4.78 is 70.0. The van der Waals surface area contributed by atoms with Crippen LogP contribution in [0.15, 0.2) is 18.3 Å². The van der Waals surface area contributed by atoms with Crippen molar-refractivity contribution >= 4 is 32.1 Å². The summed E-state index contributed by atoms with van der Waals surface area (Å²) in [5, 5.41) is 6.51. The highest BCUT2D eigenvalue weighted by molar-refractivity contribution is 7.88. The molecule has 194 valence electrons. The van der Waals surface area contributed by atoms with Crippen molar-refractivity contribution in [2.45, 2.75) is 50.3 Å². The summed E-state index contributed by atoms with van der Waals surface area (Å²) in [6.07, 6.45) is 5.57. The maximum Gasteiger partial charge on any atom is 0.445 e. The van der Waals surface area contributed by atoms with E-state index in [4.69, 9.17) is 4.74 Å².